The topological polar surface area (TPSA) is 37.3 Å². The van der Waals surface area contributed by atoms with Crippen molar-refractivity contribution in [2.24, 2.45) is 0 Å². The maximum absolute atomic E-state index is 13.3. The molecular weight excluding hydrogens is 382 g/mol. The Morgan fingerprint density at radius 1 is 0.935 bits per heavy atom. The van der Waals surface area contributed by atoms with Gasteiger partial charge in [0.05, 0.1) is 6.54 Å². The highest BCUT2D eigenvalue weighted by Crippen LogP contribution is 2.19. The number of amides is 2. The summed E-state index contributed by atoms with van der Waals surface area (Å²) in [5, 5.41) is 3.31. The van der Waals surface area contributed by atoms with E-state index in [1.807, 2.05) is 23.1 Å². The normalized spacial score (nSPS) is 14.4. The van der Waals surface area contributed by atoms with Crippen LogP contribution in [0.3, 0.4) is 0 Å². The Kier molecular flexibility index (Phi) is 7.08. The van der Waals surface area contributed by atoms with Gasteiger partial charge in [-0.15, -0.1) is 0 Å². The maximum atomic E-state index is 13.3. The number of nitrogens with one attached hydrogen (secondary N) is 1. The van der Waals surface area contributed by atoms with Crippen LogP contribution in [0.5, 0.6) is 0 Å². The Morgan fingerprint density at radius 3 is 2.45 bits per heavy atom. The first-order valence-electron chi connectivity index (χ1n) is 11.5. The SMILES string of the molecule is Cc1ccccc1Cn1cccc1CN(Cc1ccccc1)C(=O)NC1CCCCC1. The van der Waals surface area contributed by atoms with Crippen LogP contribution in [0.1, 0.15) is 54.5 Å². The number of carbonyl (C=O) groups excluding carboxylic acids is 1. The summed E-state index contributed by atoms with van der Waals surface area (Å²) in [6.07, 6.45) is 8.00. The molecule has 1 N–H and O–H groups in total. The lowest BCUT2D eigenvalue weighted by Gasteiger charge is -2.29. The smallest absolute Gasteiger partial charge is 0.318 e. The zero-order valence-electron chi connectivity index (χ0n) is 18.5. The van der Waals surface area contributed by atoms with Gasteiger partial charge in [-0.3, -0.25) is 0 Å². The summed E-state index contributed by atoms with van der Waals surface area (Å²) in [6.45, 7) is 4.16. The molecule has 1 heterocycles. The van der Waals surface area contributed by atoms with E-state index < -0.39 is 0 Å². The first-order valence-corrected chi connectivity index (χ1v) is 11.5. The van der Waals surface area contributed by atoms with Crippen molar-refractivity contribution in [3.63, 3.8) is 0 Å². The van der Waals surface area contributed by atoms with Crippen molar-refractivity contribution >= 4 is 6.03 Å². The molecular formula is C27H33N3O. The van der Waals surface area contributed by atoms with Crippen LogP contribution in [0.15, 0.2) is 72.9 Å². The average molecular weight is 416 g/mol. The molecule has 1 saturated carbocycles. The van der Waals surface area contributed by atoms with Crippen molar-refractivity contribution in [1.29, 1.82) is 0 Å². The Morgan fingerprint density at radius 2 is 1.68 bits per heavy atom. The molecule has 4 rings (SSSR count). The summed E-state index contributed by atoms with van der Waals surface area (Å²) in [7, 11) is 0. The minimum Gasteiger partial charge on any atom is -0.345 e. The Balaban J connectivity index is 1.51. The van der Waals surface area contributed by atoms with Crippen molar-refractivity contribution in [2.45, 2.75) is 64.7 Å². The second-order valence-electron chi connectivity index (χ2n) is 8.68. The molecule has 1 aromatic heterocycles. The molecule has 3 aromatic rings. The predicted molar refractivity (Wildman–Crippen MR) is 126 cm³/mol. The quantitative estimate of drug-likeness (QED) is 0.513. The second-order valence-corrected chi connectivity index (χ2v) is 8.68. The highest BCUT2D eigenvalue weighted by Gasteiger charge is 2.21. The number of nitrogens with zero attached hydrogens (tertiary/aromatic N) is 2. The number of rotatable bonds is 7. The lowest BCUT2D eigenvalue weighted by molar-refractivity contribution is 0.183. The van der Waals surface area contributed by atoms with Crippen molar-refractivity contribution in [2.75, 3.05) is 0 Å². The highest BCUT2D eigenvalue weighted by atomic mass is 16.2. The summed E-state index contributed by atoms with van der Waals surface area (Å²) >= 11 is 0. The molecule has 0 spiro atoms. The second kappa shape index (κ2) is 10.3. The summed E-state index contributed by atoms with van der Waals surface area (Å²) in [5.74, 6) is 0. The van der Waals surface area contributed by atoms with Crippen LogP contribution >= 0.6 is 0 Å². The van der Waals surface area contributed by atoms with Gasteiger partial charge >= 0.3 is 6.03 Å². The van der Waals surface area contributed by atoms with Gasteiger partial charge in [0.25, 0.3) is 0 Å². The van der Waals surface area contributed by atoms with Crippen molar-refractivity contribution < 1.29 is 4.79 Å². The number of hydrogen-bond donors (Lipinski definition) is 1. The zero-order valence-corrected chi connectivity index (χ0v) is 18.5. The van der Waals surface area contributed by atoms with E-state index in [1.54, 1.807) is 0 Å². The number of urea groups is 1. The van der Waals surface area contributed by atoms with E-state index in [2.05, 4.69) is 71.5 Å². The number of aromatic nitrogens is 1. The van der Waals surface area contributed by atoms with Gasteiger partial charge in [-0.25, -0.2) is 4.79 Å². The summed E-state index contributed by atoms with van der Waals surface area (Å²) in [4.78, 5) is 15.2. The Labute approximate surface area is 185 Å². The first kappa shape index (κ1) is 21.2. The third kappa shape index (κ3) is 5.78. The minimum absolute atomic E-state index is 0.0411. The highest BCUT2D eigenvalue weighted by molar-refractivity contribution is 5.74. The molecule has 162 valence electrons. The molecule has 31 heavy (non-hydrogen) atoms. The molecule has 0 bridgehead atoms. The number of aryl methyl sites for hydroxylation is 1. The van der Waals surface area contributed by atoms with E-state index in [0.29, 0.717) is 19.1 Å². The minimum atomic E-state index is 0.0411. The largest absolute Gasteiger partial charge is 0.345 e. The van der Waals surface area contributed by atoms with Gasteiger partial charge < -0.3 is 14.8 Å². The molecule has 1 aliphatic rings. The molecule has 0 unspecified atom stereocenters. The fourth-order valence-electron chi connectivity index (χ4n) is 4.43. The molecule has 1 fully saturated rings. The predicted octanol–water partition coefficient (Wildman–Crippen LogP) is 5.89. The van der Waals surface area contributed by atoms with E-state index in [4.69, 9.17) is 0 Å². The van der Waals surface area contributed by atoms with Crippen molar-refractivity contribution in [3.8, 4) is 0 Å². The third-order valence-corrected chi connectivity index (χ3v) is 6.31. The zero-order chi connectivity index (χ0) is 21.5. The van der Waals surface area contributed by atoms with Crippen LogP contribution in [-0.2, 0) is 19.6 Å². The average Bonchev–Trinajstić information content (AvgIpc) is 3.23. The van der Waals surface area contributed by atoms with Crippen molar-refractivity contribution in [1.82, 2.24) is 14.8 Å². The van der Waals surface area contributed by atoms with Crippen LogP contribution in [0.2, 0.25) is 0 Å². The van der Waals surface area contributed by atoms with Gasteiger partial charge in [0.2, 0.25) is 0 Å². The Bertz CT molecular complexity index is 973. The first-order chi connectivity index (χ1) is 15.2. The summed E-state index contributed by atoms with van der Waals surface area (Å²) < 4.78 is 2.26. The molecule has 0 saturated heterocycles. The maximum Gasteiger partial charge on any atom is 0.318 e. The monoisotopic (exact) mass is 415 g/mol. The van der Waals surface area contributed by atoms with Crippen LogP contribution in [0.4, 0.5) is 4.79 Å². The van der Waals surface area contributed by atoms with Crippen LogP contribution < -0.4 is 5.32 Å². The molecule has 1 aliphatic carbocycles. The molecule has 4 nitrogen and oxygen atoms in total. The van der Waals surface area contributed by atoms with Crippen LogP contribution in [-0.4, -0.2) is 21.5 Å². The number of benzene rings is 2. The molecule has 2 amide bonds. The van der Waals surface area contributed by atoms with E-state index in [0.717, 1.165) is 30.6 Å². The summed E-state index contributed by atoms with van der Waals surface area (Å²) in [5.41, 5.74) is 4.90. The van der Waals surface area contributed by atoms with Crippen LogP contribution in [0, 0.1) is 6.92 Å². The van der Waals surface area contributed by atoms with E-state index >= 15 is 0 Å². The lowest BCUT2D eigenvalue weighted by atomic mass is 9.96. The molecule has 0 radical (unpaired) electrons. The van der Waals surface area contributed by atoms with E-state index in [9.17, 15) is 4.79 Å². The fourth-order valence-corrected chi connectivity index (χ4v) is 4.43. The molecule has 4 heteroatoms. The van der Waals surface area contributed by atoms with E-state index in [1.165, 1.54) is 30.4 Å². The van der Waals surface area contributed by atoms with Crippen molar-refractivity contribution in [3.05, 3.63) is 95.3 Å². The van der Waals surface area contributed by atoms with Gasteiger partial charge in [0.15, 0.2) is 0 Å². The van der Waals surface area contributed by atoms with Gasteiger partial charge in [0, 0.05) is 31.0 Å². The third-order valence-electron chi connectivity index (χ3n) is 6.31. The standard InChI is InChI=1S/C27H33N3O/c1-22-11-8-9-14-24(22)20-29-18-10-17-26(29)21-30(19-23-12-4-2-5-13-23)27(31)28-25-15-6-3-7-16-25/h2,4-5,8-14,17-18,25H,3,6-7,15-16,19-21H2,1H3,(H,28,31). The Hall–Kier alpha value is -3.01. The molecule has 0 aliphatic heterocycles. The van der Waals surface area contributed by atoms with Gasteiger partial charge in [0.1, 0.15) is 0 Å². The lowest BCUT2D eigenvalue weighted by Crippen LogP contribution is -2.45. The van der Waals surface area contributed by atoms with Gasteiger partial charge in [-0.1, -0.05) is 73.9 Å². The van der Waals surface area contributed by atoms with Crippen LogP contribution in [0.25, 0.3) is 0 Å². The number of carbonyl (C=O) groups is 1. The molecule has 0 atom stereocenters. The van der Waals surface area contributed by atoms with Gasteiger partial charge in [-0.05, 0) is 48.6 Å². The van der Waals surface area contributed by atoms with E-state index in [-0.39, 0.29) is 6.03 Å². The fraction of sp³-hybridized carbons (Fsp3) is 0.370. The number of hydrogen-bond acceptors (Lipinski definition) is 1. The van der Waals surface area contributed by atoms with Gasteiger partial charge in [-0.2, -0.15) is 0 Å². The summed E-state index contributed by atoms with van der Waals surface area (Å²) in [6, 6.07) is 23.3. The molecule has 2 aromatic carbocycles.